The van der Waals surface area contributed by atoms with Crippen molar-refractivity contribution in [1.29, 1.82) is 0 Å². The van der Waals surface area contributed by atoms with Gasteiger partial charge in [0, 0.05) is 5.56 Å². The van der Waals surface area contributed by atoms with Gasteiger partial charge in [0.2, 0.25) is 0 Å². The van der Waals surface area contributed by atoms with Crippen molar-refractivity contribution in [2.45, 2.75) is 6.92 Å². The molecule has 0 unspecified atom stereocenters. The lowest BCUT2D eigenvalue weighted by Gasteiger charge is -2.06. The molecule has 0 N–H and O–H groups in total. The Balaban J connectivity index is 2.02. The number of hydrogen-bond donors (Lipinski definition) is 0. The van der Waals surface area contributed by atoms with E-state index in [2.05, 4.69) is 24.3 Å². The fraction of sp³-hybridized carbons (Fsp3) is 0.105. The topological polar surface area (TPSA) is 26.3 Å². The second-order valence-electron chi connectivity index (χ2n) is 5.06. The Morgan fingerprint density at radius 2 is 1.43 bits per heavy atom. The molecule has 0 spiro atoms. The van der Waals surface area contributed by atoms with Crippen LogP contribution in [0.25, 0.3) is 21.9 Å². The van der Waals surface area contributed by atoms with Crippen LogP contribution in [0.3, 0.4) is 0 Å². The van der Waals surface area contributed by atoms with Crippen LogP contribution in [0.15, 0.2) is 60.7 Å². The minimum atomic E-state index is 0.0900. The molecule has 0 aliphatic rings. The number of carbonyl (C=O) groups is 1. The molecule has 2 heteroatoms. The highest BCUT2D eigenvalue weighted by Crippen LogP contribution is 2.27. The average molecular weight is 276 g/mol. The number of Topliss-reactive ketones (excluding diaryl/α,β-unsaturated/α-hetero) is 1. The number of carbonyl (C=O) groups excluding carboxylic acids is 1. The normalized spacial score (nSPS) is 10.6. The zero-order valence-electron chi connectivity index (χ0n) is 12.1. The second kappa shape index (κ2) is 5.41. The van der Waals surface area contributed by atoms with Crippen molar-refractivity contribution in [3.63, 3.8) is 0 Å². The van der Waals surface area contributed by atoms with E-state index in [1.54, 1.807) is 14.0 Å². The summed E-state index contributed by atoms with van der Waals surface area (Å²) in [6, 6.07) is 20.1. The molecule has 0 bridgehead atoms. The molecule has 3 rings (SSSR count). The van der Waals surface area contributed by atoms with Gasteiger partial charge in [-0.25, -0.2) is 0 Å². The lowest BCUT2D eigenvalue weighted by Crippen LogP contribution is -1.90. The number of rotatable bonds is 3. The molecule has 0 aliphatic carbocycles. The van der Waals surface area contributed by atoms with Crippen molar-refractivity contribution in [3.8, 4) is 16.9 Å². The molecule has 3 aromatic carbocycles. The Hall–Kier alpha value is -2.61. The zero-order valence-corrected chi connectivity index (χ0v) is 12.1. The Labute approximate surface area is 124 Å². The van der Waals surface area contributed by atoms with Crippen LogP contribution < -0.4 is 4.74 Å². The average Bonchev–Trinajstić information content (AvgIpc) is 2.54. The first-order valence-corrected chi connectivity index (χ1v) is 6.86. The lowest BCUT2D eigenvalue weighted by atomic mass is 9.99. The number of hydrogen-bond acceptors (Lipinski definition) is 2. The molecule has 0 heterocycles. The molecule has 0 fully saturated rings. The van der Waals surface area contributed by atoms with Crippen molar-refractivity contribution in [3.05, 3.63) is 66.2 Å². The van der Waals surface area contributed by atoms with Crippen LogP contribution in [-0.4, -0.2) is 12.9 Å². The Bertz CT molecular complexity index is 801. The summed E-state index contributed by atoms with van der Waals surface area (Å²) in [6.07, 6.45) is 0. The monoisotopic (exact) mass is 276 g/mol. The molecule has 0 atom stereocenters. The Morgan fingerprint density at radius 3 is 2.10 bits per heavy atom. The number of benzene rings is 3. The molecule has 21 heavy (non-hydrogen) atoms. The van der Waals surface area contributed by atoms with Crippen LogP contribution in [0.4, 0.5) is 0 Å². The maximum absolute atomic E-state index is 11.3. The van der Waals surface area contributed by atoms with Gasteiger partial charge in [0.25, 0.3) is 0 Å². The van der Waals surface area contributed by atoms with Crippen LogP contribution in [0.2, 0.25) is 0 Å². The van der Waals surface area contributed by atoms with E-state index in [0.717, 1.165) is 27.8 Å². The molecular weight excluding hydrogens is 260 g/mol. The predicted octanol–water partition coefficient (Wildman–Crippen LogP) is 4.72. The van der Waals surface area contributed by atoms with Crippen LogP contribution in [0.1, 0.15) is 17.3 Å². The van der Waals surface area contributed by atoms with Crippen molar-refractivity contribution in [1.82, 2.24) is 0 Å². The number of methoxy groups -OCH3 is 1. The number of fused-ring (bicyclic) bond motifs is 1. The predicted molar refractivity (Wildman–Crippen MR) is 85.9 cm³/mol. The molecule has 0 amide bonds. The molecule has 3 aromatic rings. The molecule has 0 saturated heterocycles. The fourth-order valence-corrected chi connectivity index (χ4v) is 2.43. The summed E-state index contributed by atoms with van der Waals surface area (Å²) >= 11 is 0. The Kier molecular flexibility index (Phi) is 3.44. The van der Waals surface area contributed by atoms with E-state index in [1.165, 1.54) is 5.39 Å². The van der Waals surface area contributed by atoms with Gasteiger partial charge in [-0.15, -0.1) is 0 Å². The van der Waals surface area contributed by atoms with Crippen LogP contribution in [0, 0.1) is 0 Å². The standard InChI is InChI=1S/C19H16O2/c1-13(20)14-3-5-15(6-4-14)16-7-8-18-12-19(21-2)10-9-17(18)11-16/h3-12H,1-2H3. The third-order valence-electron chi connectivity index (χ3n) is 3.67. The summed E-state index contributed by atoms with van der Waals surface area (Å²) in [5.74, 6) is 0.952. The van der Waals surface area contributed by atoms with Gasteiger partial charge in [0.05, 0.1) is 7.11 Å². The molecular formula is C19H16O2. The summed E-state index contributed by atoms with van der Waals surface area (Å²) in [4.78, 5) is 11.3. The molecule has 0 radical (unpaired) electrons. The maximum atomic E-state index is 11.3. The summed E-state index contributed by atoms with van der Waals surface area (Å²) < 4.78 is 5.24. The molecule has 0 aliphatic heterocycles. The minimum Gasteiger partial charge on any atom is -0.497 e. The third kappa shape index (κ3) is 2.65. The largest absolute Gasteiger partial charge is 0.497 e. The highest BCUT2D eigenvalue weighted by Gasteiger charge is 2.03. The summed E-state index contributed by atoms with van der Waals surface area (Å²) in [7, 11) is 1.67. The second-order valence-corrected chi connectivity index (χ2v) is 5.06. The van der Waals surface area contributed by atoms with Crippen molar-refractivity contribution in [2.75, 3.05) is 7.11 Å². The zero-order chi connectivity index (χ0) is 14.8. The Morgan fingerprint density at radius 1 is 0.810 bits per heavy atom. The fourth-order valence-electron chi connectivity index (χ4n) is 2.43. The van der Waals surface area contributed by atoms with Gasteiger partial charge in [-0.1, -0.05) is 42.5 Å². The smallest absolute Gasteiger partial charge is 0.159 e. The lowest BCUT2D eigenvalue weighted by molar-refractivity contribution is 0.101. The molecule has 104 valence electrons. The van der Waals surface area contributed by atoms with E-state index in [1.807, 2.05) is 36.4 Å². The maximum Gasteiger partial charge on any atom is 0.159 e. The van der Waals surface area contributed by atoms with Crippen LogP contribution in [-0.2, 0) is 0 Å². The third-order valence-corrected chi connectivity index (χ3v) is 3.67. The van der Waals surface area contributed by atoms with E-state index in [0.29, 0.717) is 0 Å². The molecule has 0 saturated carbocycles. The summed E-state index contributed by atoms with van der Waals surface area (Å²) in [5, 5.41) is 2.32. The van der Waals surface area contributed by atoms with Crippen molar-refractivity contribution < 1.29 is 9.53 Å². The first kappa shape index (κ1) is 13.4. The van der Waals surface area contributed by atoms with E-state index in [4.69, 9.17) is 4.74 Å². The quantitative estimate of drug-likeness (QED) is 0.647. The van der Waals surface area contributed by atoms with E-state index in [-0.39, 0.29) is 5.78 Å². The summed E-state index contributed by atoms with van der Waals surface area (Å²) in [5.41, 5.74) is 2.99. The van der Waals surface area contributed by atoms with Crippen molar-refractivity contribution in [2.24, 2.45) is 0 Å². The number of ketones is 1. The van der Waals surface area contributed by atoms with E-state index < -0.39 is 0 Å². The van der Waals surface area contributed by atoms with Gasteiger partial charge in [-0.05, 0) is 47.0 Å². The van der Waals surface area contributed by atoms with E-state index in [9.17, 15) is 4.79 Å². The number of ether oxygens (including phenoxy) is 1. The SMILES string of the molecule is COc1ccc2cc(-c3ccc(C(C)=O)cc3)ccc2c1. The highest BCUT2D eigenvalue weighted by molar-refractivity contribution is 5.95. The van der Waals surface area contributed by atoms with Gasteiger partial charge >= 0.3 is 0 Å². The first-order chi connectivity index (χ1) is 10.2. The summed E-state index contributed by atoms with van der Waals surface area (Å²) in [6.45, 7) is 1.58. The molecule has 2 nitrogen and oxygen atoms in total. The first-order valence-electron chi connectivity index (χ1n) is 6.86. The van der Waals surface area contributed by atoms with Gasteiger partial charge in [0.1, 0.15) is 5.75 Å². The highest BCUT2D eigenvalue weighted by atomic mass is 16.5. The van der Waals surface area contributed by atoms with Gasteiger partial charge in [0.15, 0.2) is 5.78 Å². The minimum absolute atomic E-state index is 0.0900. The van der Waals surface area contributed by atoms with Crippen LogP contribution in [0.5, 0.6) is 5.75 Å². The van der Waals surface area contributed by atoms with Gasteiger partial charge < -0.3 is 4.74 Å². The van der Waals surface area contributed by atoms with Gasteiger partial charge in [-0.2, -0.15) is 0 Å². The van der Waals surface area contributed by atoms with Crippen LogP contribution >= 0.6 is 0 Å². The molecule has 0 aromatic heterocycles. The van der Waals surface area contributed by atoms with Gasteiger partial charge in [-0.3, -0.25) is 4.79 Å². The van der Waals surface area contributed by atoms with E-state index >= 15 is 0 Å². The van der Waals surface area contributed by atoms with Crippen molar-refractivity contribution >= 4 is 16.6 Å².